The van der Waals surface area contributed by atoms with E-state index in [4.69, 9.17) is 0 Å². The topological polar surface area (TPSA) is 83.1 Å². The highest BCUT2D eigenvalue weighted by molar-refractivity contribution is 6.00. The molecule has 6 rings (SSSR count). The highest BCUT2D eigenvalue weighted by atomic mass is 19.1. The second kappa shape index (κ2) is 7.94. The van der Waals surface area contributed by atoms with Crippen LogP contribution < -0.4 is 16.2 Å². The van der Waals surface area contributed by atoms with Crippen LogP contribution in [0.4, 0.5) is 15.9 Å². The van der Waals surface area contributed by atoms with Crippen LogP contribution in [0.1, 0.15) is 55.3 Å². The molecule has 7 heteroatoms. The maximum Gasteiger partial charge on any atom is 0.273 e. The molecule has 31 heavy (non-hydrogen) atoms. The quantitative estimate of drug-likeness (QED) is 0.626. The third kappa shape index (κ3) is 4.27. The van der Waals surface area contributed by atoms with Crippen molar-refractivity contribution in [2.24, 2.45) is 23.2 Å². The van der Waals surface area contributed by atoms with Crippen LogP contribution in [0.15, 0.2) is 42.6 Å². The second-order valence-corrected chi connectivity index (χ2v) is 9.63. The van der Waals surface area contributed by atoms with E-state index in [0.717, 1.165) is 37.0 Å². The van der Waals surface area contributed by atoms with Gasteiger partial charge < -0.3 is 5.32 Å². The SMILES string of the molecule is O=C(CC12CC3CC(CC(C3)C1)C2)NNC(=O)c1cccnc1Nc1cccc(F)c1. The standard InChI is InChI=1S/C24H27FN4O2/c25-18-3-1-4-19(10-18)27-22-20(5-2-6-26-22)23(31)29-28-21(30)14-24-11-15-7-16(12-24)9-17(8-15)13-24/h1-6,10,15-17H,7-9,11-14H2,(H,26,27)(H,28,30)(H,29,31). The number of nitrogens with zero attached hydrogens (tertiary/aromatic N) is 1. The Morgan fingerprint density at radius 3 is 2.39 bits per heavy atom. The maximum absolute atomic E-state index is 13.5. The summed E-state index contributed by atoms with van der Waals surface area (Å²) in [5.41, 5.74) is 5.99. The molecule has 1 aromatic heterocycles. The lowest BCUT2D eigenvalue weighted by atomic mass is 9.49. The minimum Gasteiger partial charge on any atom is -0.339 e. The van der Waals surface area contributed by atoms with E-state index in [1.54, 1.807) is 30.5 Å². The van der Waals surface area contributed by atoms with Gasteiger partial charge in [-0.1, -0.05) is 6.07 Å². The van der Waals surface area contributed by atoms with Crippen LogP contribution in [-0.2, 0) is 4.79 Å². The molecule has 6 nitrogen and oxygen atoms in total. The molecule has 0 aliphatic heterocycles. The van der Waals surface area contributed by atoms with E-state index in [9.17, 15) is 14.0 Å². The number of hydrogen-bond acceptors (Lipinski definition) is 4. The Balaban J connectivity index is 1.21. The minimum atomic E-state index is -0.467. The molecule has 162 valence electrons. The van der Waals surface area contributed by atoms with Gasteiger partial charge in [0.05, 0.1) is 5.56 Å². The second-order valence-electron chi connectivity index (χ2n) is 9.63. The van der Waals surface area contributed by atoms with Gasteiger partial charge in [0.2, 0.25) is 5.91 Å². The molecule has 0 spiro atoms. The third-order valence-corrected chi connectivity index (χ3v) is 7.16. The number of benzene rings is 1. The van der Waals surface area contributed by atoms with Gasteiger partial charge in [-0.25, -0.2) is 9.37 Å². The number of rotatable bonds is 5. The molecule has 0 radical (unpaired) electrons. The van der Waals surface area contributed by atoms with Crippen molar-refractivity contribution < 1.29 is 14.0 Å². The number of carbonyl (C=O) groups is 2. The van der Waals surface area contributed by atoms with Crippen molar-refractivity contribution in [1.29, 1.82) is 0 Å². The van der Waals surface area contributed by atoms with Gasteiger partial charge in [0.15, 0.2) is 0 Å². The van der Waals surface area contributed by atoms with Gasteiger partial charge in [-0.2, -0.15) is 0 Å². The fourth-order valence-corrected chi connectivity index (χ4v) is 6.48. The zero-order valence-electron chi connectivity index (χ0n) is 17.4. The molecule has 4 bridgehead atoms. The van der Waals surface area contributed by atoms with Gasteiger partial charge in [-0.05, 0) is 92.0 Å². The predicted molar refractivity (Wildman–Crippen MR) is 115 cm³/mol. The van der Waals surface area contributed by atoms with Gasteiger partial charge in [0.25, 0.3) is 5.91 Å². The lowest BCUT2D eigenvalue weighted by Crippen LogP contribution is -2.50. The zero-order chi connectivity index (χ0) is 21.4. The number of hydrogen-bond donors (Lipinski definition) is 3. The smallest absolute Gasteiger partial charge is 0.273 e. The lowest BCUT2D eigenvalue weighted by molar-refractivity contribution is -0.130. The first-order chi connectivity index (χ1) is 15.0. The van der Waals surface area contributed by atoms with Gasteiger partial charge >= 0.3 is 0 Å². The molecule has 0 atom stereocenters. The number of nitrogens with one attached hydrogen (secondary N) is 3. The molecule has 2 amide bonds. The van der Waals surface area contributed by atoms with Crippen molar-refractivity contribution in [1.82, 2.24) is 15.8 Å². The Kier molecular flexibility index (Phi) is 5.12. The normalized spacial score (nSPS) is 28.2. The molecule has 4 fully saturated rings. The molecule has 4 aliphatic carbocycles. The summed E-state index contributed by atoms with van der Waals surface area (Å²) < 4.78 is 13.5. The summed E-state index contributed by atoms with van der Waals surface area (Å²) >= 11 is 0. The van der Waals surface area contributed by atoms with Gasteiger partial charge in [0.1, 0.15) is 11.6 Å². The molecule has 4 saturated carbocycles. The van der Waals surface area contributed by atoms with E-state index < -0.39 is 5.91 Å². The van der Waals surface area contributed by atoms with E-state index in [1.165, 1.54) is 31.4 Å². The van der Waals surface area contributed by atoms with Crippen LogP contribution in [0, 0.1) is 29.0 Å². The molecule has 0 saturated heterocycles. The Morgan fingerprint density at radius 1 is 1.00 bits per heavy atom. The molecule has 1 aromatic carbocycles. The zero-order valence-corrected chi connectivity index (χ0v) is 17.4. The van der Waals surface area contributed by atoms with Gasteiger partial charge in [-0.3, -0.25) is 20.4 Å². The van der Waals surface area contributed by atoms with Gasteiger partial charge in [0, 0.05) is 18.3 Å². The molecule has 1 heterocycles. The summed E-state index contributed by atoms with van der Waals surface area (Å²) in [6, 6.07) is 9.18. The van der Waals surface area contributed by atoms with Crippen LogP contribution in [0.2, 0.25) is 0 Å². The summed E-state index contributed by atoms with van der Waals surface area (Å²) in [6.45, 7) is 0. The van der Waals surface area contributed by atoms with Crippen LogP contribution in [0.25, 0.3) is 0 Å². The molecular formula is C24H27FN4O2. The summed E-state index contributed by atoms with van der Waals surface area (Å²) in [6.07, 6.45) is 9.45. The van der Waals surface area contributed by atoms with E-state index in [2.05, 4.69) is 21.2 Å². The van der Waals surface area contributed by atoms with Crippen LogP contribution in [-0.4, -0.2) is 16.8 Å². The number of amides is 2. The monoisotopic (exact) mass is 422 g/mol. The van der Waals surface area contributed by atoms with Gasteiger partial charge in [-0.15, -0.1) is 0 Å². The van der Waals surface area contributed by atoms with Crippen molar-refractivity contribution in [3.8, 4) is 0 Å². The number of aromatic nitrogens is 1. The van der Waals surface area contributed by atoms with E-state index in [-0.39, 0.29) is 22.7 Å². The number of carbonyl (C=O) groups excluding carboxylic acids is 2. The molecule has 0 unspecified atom stereocenters. The van der Waals surface area contributed by atoms with E-state index in [1.807, 2.05) is 0 Å². The fraction of sp³-hybridized carbons (Fsp3) is 0.458. The first-order valence-corrected chi connectivity index (χ1v) is 11.0. The summed E-state index contributed by atoms with van der Waals surface area (Å²) in [5.74, 6) is 1.64. The Labute approximate surface area is 181 Å². The van der Waals surface area contributed by atoms with Crippen molar-refractivity contribution in [3.63, 3.8) is 0 Å². The third-order valence-electron chi connectivity index (χ3n) is 7.16. The lowest BCUT2D eigenvalue weighted by Gasteiger charge is -2.56. The van der Waals surface area contributed by atoms with Crippen molar-refractivity contribution in [2.45, 2.75) is 44.9 Å². The molecular weight excluding hydrogens is 395 g/mol. The number of pyridine rings is 1. The van der Waals surface area contributed by atoms with Crippen molar-refractivity contribution in [2.75, 3.05) is 5.32 Å². The number of anilines is 2. The Morgan fingerprint density at radius 2 is 1.71 bits per heavy atom. The number of hydrazine groups is 1. The van der Waals surface area contributed by atoms with Crippen LogP contribution in [0.3, 0.4) is 0 Å². The maximum atomic E-state index is 13.5. The number of halogens is 1. The van der Waals surface area contributed by atoms with E-state index >= 15 is 0 Å². The summed E-state index contributed by atoms with van der Waals surface area (Å²) in [5, 5.41) is 2.96. The summed E-state index contributed by atoms with van der Waals surface area (Å²) in [4.78, 5) is 29.6. The molecule has 4 aliphatic rings. The minimum absolute atomic E-state index is 0.113. The van der Waals surface area contributed by atoms with Crippen LogP contribution in [0.5, 0.6) is 0 Å². The average molecular weight is 423 g/mol. The Hall–Kier alpha value is -2.96. The first kappa shape index (κ1) is 20.0. The van der Waals surface area contributed by atoms with E-state index in [0.29, 0.717) is 17.9 Å². The molecule has 2 aromatic rings. The molecule has 3 N–H and O–H groups in total. The Bertz CT molecular complexity index is 973. The average Bonchev–Trinajstić information content (AvgIpc) is 2.71. The van der Waals surface area contributed by atoms with Crippen molar-refractivity contribution in [3.05, 3.63) is 54.0 Å². The highest BCUT2D eigenvalue weighted by Crippen LogP contribution is 2.61. The van der Waals surface area contributed by atoms with Crippen molar-refractivity contribution >= 4 is 23.3 Å². The van der Waals surface area contributed by atoms with Crippen LogP contribution >= 0.6 is 0 Å². The first-order valence-electron chi connectivity index (χ1n) is 11.0. The largest absolute Gasteiger partial charge is 0.339 e. The fourth-order valence-electron chi connectivity index (χ4n) is 6.48. The highest BCUT2D eigenvalue weighted by Gasteiger charge is 2.51. The predicted octanol–water partition coefficient (Wildman–Crippen LogP) is 4.33. The summed E-state index contributed by atoms with van der Waals surface area (Å²) in [7, 11) is 0.